The molecule has 2 aliphatic rings. The summed E-state index contributed by atoms with van der Waals surface area (Å²) in [6.07, 6.45) is -0.325. The Morgan fingerprint density at radius 1 is 1.12 bits per heavy atom. The fourth-order valence-electron chi connectivity index (χ4n) is 4.06. The van der Waals surface area contributed by atoms with Crippen molar-refractivity contribution in [1.29, 1.82) is 0 Å². The first kappa shape index (κ1) is 22.6. The minimum Gasteiger partial charge on any atom is -0.355 e. The zero-order valence-electron chi connectivity index (χ0n) is 18.1. The summed E-state index contributed by atoms with van der Waals surface area (Å²) in [6.45, 7) is 0.951. The third-order valence-electron chi connectivity index (χ3n) is 6.19. The predicted octanol–water partition coefficient (Wildman–Crippen LogP) is 5.27. The van der Waals surface area contributed by atoms with Crippen LogP contribution in [0.3, 0.4) is 0 Å². The molecule has 1 saturated heterocycles. The molecule has 0 unspecified atom stereocenters. The number of H-pyrrole nitrogens is 1. The van der Waals surface area contributed by atoms with E-state index < -0.39 is 11.7 Å². The fourth-order valence-corrected chi connectivity index (χ4v) is 4.35. The van der Waals surface area contributed by atoms with E-state index in [2.05, 4.69) is 25.5 Å². The highest BCUT2D eigenvalue weighted by Crippen LogP contribution is 2.38. The third-order valence-corrected chi connectivity index (χ3v) is 6.47. The van der Waals surface area contributed by atoms with Crippen LogP contribution >= 0.6 is 11.6 Å². The molecular weight excluding hydrogens is 469 g/mol. The lowest BCUT2D eigenvalue weighted by Crippen LogP contribution is -2.38. The number of pyridine rings is 1. The molecule has 2 fully saturated rings. The lowest BCUT2D eigenvalue weighted by atomic mass is 9.95. The molecular formula is C23H22ClF3N6O. The molecule has 0 spiro atoms. The van der Waals surface area contributed by atoms with E-state index in [1.807, 2.05) is 29.2 Å². The quantitative estimate of drug-likeness (QED) is 0.508. The van der Waals surface area contributed by atoms with Gasteiger partial charge in [-0.3, -0.25) is 9.89 Å². The second-order valence-electron chi connectivity index (χ2n) is 8.67. The summed E-state index contributed by atoms with van der Waals surface area (Å²) in [6, 6.07) is 8.27. The zero-order chi connectivity index (χ0) is 23.9. The van der Waals surface area contributed by atoms with Crippen LogP contribution in [-0.4, -0.2) is 39.2 Å². The maximum absolute atomic E-state index is 12.8. The first-order chi connectivity index (χ1) is 16.3. The van der Waals surface area contributed by atoms with Gasteiger partial charge in [-0.05, 0) is 56.0 Å². The normalized spacial score (nSPS) is 17.1. The lowest BCUT2D eigenvalue weighted by molar-refractivity contribution is -0.137. The molecule has 34 heavy (non-hydrogen) atoms. The number of benzene rings is 1. The van der Waals surface area contributed by atoms with E-state index in [-0.39, 0.29) is 16.8 Å². The minimum absolute atomic E-state index is 0.0477. The Kier molecular flexibility index (Phi) is 5.93. The largest absolute Gasteiger partial charge is 0.417 e. The van der Waals surface area contributed by atoms with Gasteiger partial charge in [-0.25, -0.2) is 9.97 Å². The van der Waals surface area contributed by atoms with Crippen molar-refractivity contribution in [2.75, 3.05) is 23.3 Å². The van der Waals surface area contributed by atoms with E-state index in [9.17, 15) is 18.0 Å². The Labute approximate surface area is 198 Å². The summed E-state index contributed by atoms with van der Waals surface area (Å²) in [5, 5.41) is 10.1. The number of piperidine rings is 1. The van der Waals surface area contributed by atoms with Gasteiger partial charge in [0.15, 0.2) is 5.82 Å². The van der Waals surface area contributed by atoms with Crippen molar-refractivity contribution in [3.8, 4) is 11.4 Å². The number of rotatable bonds is 5. The Morgan fingerprint density at radius 2 is 1.82 bits per heavy atom. The van der Waals surface area contributed by atoms with E-state index in [1.54, 1.807) is 0 Å². The number of amides is 1. The highest BCUT2D eigenvalue weighted by Gasteiger charge is 2.33. The Bertz CT molecular complexity index is 1180. The number of nitrogens with one attached hydrogen (secondary N) is 2. The molecule has 1 saturated carbocycles. The maximum atomic E-state index is 12.8. The number of aromatic amines is 1. The SMILES string of the molecule is O=C(Nc1ccc(-c2n[nH]c(C3CC3)n2)cc1)C1CCN(c2ncc(C(F)(F)F)cc2Cl)CC1. The van der Waals surface area contributed by atoms with Crippen LogP contribution in [0.1, 0.15) is 43.0 Å². The summed E-state index contributed by atoms with van der Waals surface area (Å²) in [7, 11) is 0. The van der Waals surface area contributed by atoms with Crippen LogP contribution in [0.15, 0.2) is 36.5 Å². The number of hydrogen-bond donors (Lipinski definition) is 2. The van der Waals surface area contributed by atoms with E-state index in [0.29, 0.717) is 49.2 Å². The van der Waals surface area contributed by atoms with Gasteiger partial charge in [-0.2, -0.15) is 18.3 Å². The summed E-state index contributed by atoms with van der Waals surface area (Å²) in [5.74, 6) is 2.07. The van der Waals surface area contributed by atoms with Gasteiger partial charge in [0.1, 0.15) is 11.6 Å². The highest BCUT2D eigenvalue weighted by molar-refractivity contribution is 6.33. The van der Waals surface area contributed by atoms with Crippen LogP contribution < -0.4 is 10.2 Å². The molecule has 0 bridgehead atoms. The van der Waals surface area contributed by atoms with Gasteiger partial charge in [0, 0.05) is 42.4 Å². The molecule has 1 aliphatic heterocycles. The summed E-state index contributed by atoms with van der Waals surface area (Å²) in [4.78, 5) is 23.0. The molecule has 2 aromatic heterocycles. The Morgan fingerprint density at radius 3 is 2.44 bits per heavy atom. The van der Waals surface area contributed by atoms with E-state index in [0.717, 1.165) is 36.5 Å². The van der Waals surface area contributed by atoms with Crippen molar-refractivity contribution < 1.29 is 18.0 Å². The topological polar surface area (TPSA) is 86.8 Å². The number of anilines is 2. The number of alkyl halides is 3. The van der Waals surface area contributed by atoms with Crippen molar-refractivity contribution in [3.05, 3.63) is 52.9 Å². The molecule has 7 nitrogen and oxygen atoms in total. The molecule has 1 amide bonds. The van der Waals surface area contributed by atoms with Gasteiger partial charge in [0.25, 0.3) is 0 Å². The second kappa shape index (κ2) is 8.90. The molecule has 1 aromatic carbocycles. The summed E-state index contributed by atoms with van der Waals surface area (Å²) >= 11 is 6.06. The van der Waals surface area contributed by atoms with Gasteiger partial charge in [-0.1, -0.05) is 11.6 Å². The van der Waals surface area contributed by atoms with Crippen LogP contribution in [0.4, 0.5) is 24.7 Å². The minimum atomic E-state index is -4.49. The highest BCUT2D eigenvalue weighted by atomic mass is 35.5. The molecule has 1 aliphatic carbocycles. The molecule has 5 rings (SSSR count). The van der Waals surface area contributed by atoms with Crippen molar-refractivity contribution in [3.63, 3.8) is 0 Å². The first-order valence-corrected chi connectivity index (χ1v) is 11.5. The summed E-state index contributed by atoms with van der Waals surface area (Å²) in [5.41, 5.74) is 0.671. The number of carbonyl (C=O) groups is 1. The first-order valence-electron chi connectivity index (χ1n) is 11.1. The van der Waals surface area contributed by atoms with Gasteiger partial charge >= 0.3 is 6.18 Å². The average molecular weight is 491 g/mol. The van der Waals surface area contributed by atoms with Crippen LogP contribution in [0.2, 0.25) is 5.02 Å². The molecule has 3 heterocycles. The van der Waals surface area contributed by atoms with Crippen LogP contribution in [0.25, 0.3) is 11.4 Å². The van der Waals surface area contributed by atoms with Crippen molar-refractivity contribution in [2.24, 2.45) is 5.92 Å². The molecule has 3 aromatic rings. The Hall–Kier alpha value is -3.14. The molecule has 178 valence electrons. The van der Waals surface area contributed by atoms with Crippen LogP contribution in [0.5, 0.6) is 0 Å². The monoisotopic (exact) mass is 490 g/mol. The van der Waals surface area contributed by atoms with Gasteiger partial charge in [0.05, 0.1) is 10.6 Å². The predicted molar refractivity (Wildman–Crippen MR) is 122 cm³/mol. The third kappa shape index (κ3) is 4.86. The van der Waals surface area contributed by atoms with E-state index >= 15 is 0 Å². The number of hydrogen-bond acceptors (Lipinski definition) is 5. The van der Waals surface area contributed by atoms with Crippen LogP contribution in [-0.2, 0) is 11.0 Å². The Balaban J connectivity index is 1.16. The molecule has 0 atom stereocenters. The maximum Gasteiger partial charge on any atom is 0.417 e. The zero-order valence-corrected chi connectivity index (χ0v) is 18.8. The van der Waals surface area contributed by atoms with E-state index in [4.69, 9.17) is 11.6 Å². The number of nitrogens with zero attached hydrogens (tertiary/aromatic N) is 4. The molecule has 11 heteroatoms. The standard InChI is InChI=1S/C23H22ClF3N6O/c24-18-11-16(23(25,26)27)12-28-21(18)33-9-7-15(8-10-33)22(34)29-17-5-3-14(4-6-17)20-30-19(31-32-20)13-1-2-13/h3-6,11-13,15H,1-2,7-10H2,(H,29,34)(H,30,31,32). The summed E-state index contributed by atoms with van der Waals surface area (Å²) < 4.78 is 38.5. The van der Waals surface area contributed by atoms with Crippen molar-refractivity contribution >= 4 is 29.0 Å². The van der Waals surface area contributed by atoms with Crippen LogP contribution in [0, 0.1) is 5.92 Å². The van der Waals surface area contributed by atoms with Gasteiger partial charge in [0.2, 0.25) is 5.91 Å². The second-order valence-corrected chi connectivity index (χ2v) is 9.08. The molecule has 2 N–H and O–H groups in total. The average Bonchev–Trinajstić information content (AvgIpc) is 3.55. The van der Waals surface area contributed by atoms with Crippen molar-refractivity contribution in [2.45, 2.75) is 37.8 Å². The number of aromatic nitrogens is 4. The molecule has 0 radical (unpaired) electrons. The van der Waals surface area contributed by atoms with Crippen molar-refractivity contribution in [1.82, 2.24) is 20.2 Å². The lowest BCUT2D eigenvalue weighted by Gasteiger charge is -2.32. The fraction of sp³-hybridized carbons (Fsp3) is 0.391. The van der Waals surface area contributed by atoms with Gasteiger partial charge in [-0.15, -0.1) is 0 Å². The number of carbonyl (C=O) groups excluding carboxylic acids is 1. The van der Waals surface area contributed by atoms with Gasteiger partial charge < -0.3 is 10.2 Å². The van der Waals surface area contributed by atoms with E-state index in [1.165, 1.54) is 0 Å². The smallest absolute Gasteiger partial charge is 0.355 e. The number of halogens is 4.